The lowest BCUT2D eigenvalue weighted by molar-refractivity contribution is 0.0934. The molecule has 0 fully saturated rings. The molecule has 0 aliphatic heterocycles. The number of nitrogens with zero attached hydrogens (tertiary/aromatic N) is 2. The van der Waals surface area contributed by atoms with E-state index in [0.717, 1.165) is 23.9 Å². The van der Waals surface area contributed by atoms with Crippen molar-refractivity contribution in [1.29, 1.82) is 0 Å². The van der Waals surface area contributed by atoms with Crippen molar-refractivity contribution in [2.24, 2.45) is 7.05 Å². The highest BCUT2D eigenvalue weighted by atomic mass is 79.9. The van der Waals surface area contributed by atoms with Gasteiger partial charge in [-0.2, -0.15) is 5.10 Å². The summed E-state index contributed by atoms with van der Waals surface area (Å²) in [6.45, 7) is 3.97. The zero-order chi connectivity index (χ0) is 12.1. The van der Waals surface area contributed by atoms with Crippen molar-refractivity contribution >= 4 is 21.8 Å². The van der Waals surface area contributed by atoms with E-state index < -0.39 is 0 Å². The molecule has 0 spiro atoms. The molecule has 0 bridgehead atoms. The highest BCUT2D eigenvalue weighted by molar-refractivity contribution is 9.09. The van der Waals surface area contributed by atoms with Crippen LogP contribution in [0, 0.1) is 6.92 Å². The van der Waals surface area contributed by atoms with Gasteiger partial charge < -0.3 is 5.32 Å². The average Bonchev–Trinajstić information content (AvgIpc) is 2.59. The number of hydrogen-bond acceptors (Lipinski definition) is 2. The van der Waals surface area contributed by atoms with Crippen molar-refractivity contribution < 1.29 is 4.79 Å². The molecule has 1 atom stereocenters. The number of aromatic nitrogens is 2. The summed E-state index contributed by atoms with van der Waals surface area (Å²) in [7, 11) is 1.84. The van der Waals surface area contributed by atoms with E-state index in [4.69, 9.17) is 0 Å². The summed E-state index contributed by atoms with van der Waals surface area (Å²) < 4.78 is 1.71. The maximum atomic E-state index is 11.9. The fourth-order valence-electron chi connectivity index (χ4n) is 1.49. The monoisotopic (exact) mass is 287 g/mol. The summed E-state index contributed by atoms with van der Waals surface area (Å²) in [5.74, 6) is -0.0293. The van der Waals surface area contributed by atoms with Gasteiger partial charge in [-0.1, -0.05) is 22.9 Å². The van der Waals surface area contributed by atoms with Crippen LogP contribution in [-0.2, 0) is 7.05 Å². The van der Waals surface area contributed by atoms with E-state index in [1.807, 2.05) is 14.0 Å². The second kappa shape index (κ2) is 6.03. The van der Waals surface area contributed by atoms with E-state index in [9.17, 15) is 4.79 Å². The predicted octanol–water partition coefficient (Wildman–Crippen LogP) is 2.02. The van der Waals surface area contributed by atoms with E-state index >= 15 is 0 Å². The number of hydrogen-bond donors (Lipinski definition) is 1. The molecule has 1 heterocycles. The maximum Gasteiger partial charge on any atom is 0.254 e. The van der Waals surface area contributed by atoms with Crippen molar-refractivity contribution in [1.82, 2.24) is 15.1 Å². The van der Waals surface area contributed by atoms with Crippen molar-refractivity contribution in [2.45, 2.75) is 32.7 Å². The van der Waals surface area contributed by atoms with E-state index in [2.05, 4.69) is 33.3 Å². The Hall–Kier alpha value is -0.840. The third kappa shape index (κ3) is 3.07. The van der Waals surface area contributed by atoms with Gasteiger partial charge in [-0.3, -0.25) is 9.48 Å². The fourth-order valence-corrected chi connectivity index (χ4v) is 2.05. The van der Waals surface area contributed by atoms with Gasteiger partial charge in [0.05, 0.1) is 11.8 Å². The van der Waals surface area contributed by atoms with Gasteiger partial charge in [0.2, 0.25) is 0 Å². The molecule has 90 valence electrons. The largest absolute Gasteiger partial charge is 0.349 e. The number of carbonyl (C=O) groups excluding carboxylic acids is 1. The molecule has 0 aliphatic rings. The highest BCUT2D eigenvalue weighted by Gasteiger charge is 2.15. The molecule has 0 aliphatic carbocycles. The maximum absolute atomic E-state index is 11.9. The Morgan fingerprint density at radius 1 is 1.69 bits per heavy atom. The number of carbonyl (C=O) groups is 1. The Morgan fingerprint density at radius 2 is 2.38 bits per heavy atom. The van der Waals surface area contributed by atoms with Crippen LogP contribution in [0.2, 0.25) is 0 Å². The molecular formula is C11H18BrN3O. The third-order valence-electron chi connectivity index (χ3n) is 2.77. The van der Waals surface area contributed by atoms with Crippen molar-refractivity contribution in [3.05, 3.63) is 17.5 Å². The van der Waals surface area contributed by atoms with E-state index in [1.165, 1.54) is 0 Å². The van der Waals surface area contributed by atoms with Crippen LogP contribution in [0.1, 0.15) is 35.8 Å². The third-order valence-corrected chi connectivity index (χ3v) is 3.22. The number of halogens is 1. The molecule has 0 aromatic carbocycles. The molecule has 1 amide bonds. The Morgan fingerprint density at radius 3 is 2.81 bits per heavy atom. The minimum atomic E-state index is -0.0293. The van der Waals surface area contributed by atoms with Crippen LogP contribution < -0.4 is 5.32 Å². The quantitative estimate of drug-likeness (QED) is 0.843. The summed E-state index contributed by atoms with van der Waals surface area (Å²) in [6, 6.07) is 0.228. The first kappa shape index (κ1) is 13.2. The number of nitrogens with one attached hydrogen (secondary N) is 1. The van der Waals surface area contributed by atoms with Crippen molar-refractivity contribution in [2.75, 3.05) is 5.33 Å². The Balaban J connectivity index is 2.68. The van der Waals surface area contributed by atoms with Gasteiger partial charge >= 0.3 is 0 Å². The lowest BCUT2D eigenvalue weighted by Crippen LogP contribution is -2.34. The lowest BCUT2D eigenvalue weighted by atomic mass is 10.1. The zero-order valence-electron chi connectivity index (χ0n) is 9.96. The van der Waals surface area contributed by atoms with Crippen molar-refractivity contribution in [3.63, 3.8) is 0 Å². The molecule has 0 radical (unpaired) electrons. The summed E-state index contributed by atoms with van der Waals surface area (Å²) in [5.41, 5.74) is 1.56. The molecule has 0 saturated carbocycles. The number of rotatable bonds is 5. The molecule has 0 saturated heterocycles. The van der Waals surface area contributed by atoms with Crippen LogP contribution in [0.25, 0.3) is 0 Å². The molecule has 1 N–H and O–H groups in total. The van der Waals surface area contributed by atoms with Crippen LogP contribution >= 0.6 is 15.9 Å². The normalized spacial score (nSPS) is 12.5. The SMILES string of the molecule is CCC(CCBr)NC(=O)c1cnn(C)c1C. The van der Waals surface area contributed by atoms with Gasteiger partial charge in [0, 0.05) is 24.1 Å². The predicted molar refractivity (Wildman–Crippen MR) is 67.9 cm³/mol. The molecule has 5 heteroatoms. The average molecular weight is 288 g/mol. The summed E-state index contributed by atoms with van der Waals surface area (Å²) >= 11 is 3.39. The van der Waals surface area contributed by atoms with Gasteiger partial charge in [0.25, 0.3) is 5.91 Å². The van der Waals surface area contributed by atoms with Crippen LogP contribution in [0.4, 0.5) is 0 Å². The molecular weight excluding hydrogens is 270 g/mol. The van der Waals surface area contributed by atoms with Gasteiger partial charge in [0.1, 0.15) is 0 Å². The molecule has 4 nitrogen and oxygen atoms in total. The topological polar surface area (TPSA) is 46.9 Å². The number of aryl methyl sites for hydroxylation is 1. The Bertz CT molecular complexity index is 362. The van der Waals surface area contributed by atoms with E-state index in [-0.39, 0.29) is 11.9 Å². The Kier molecular flexibility index (Phi) is 4.99. The van der Waals surface area contributed by atoms with Crippen molar-refractivity contribution in [3.8, 4) is 0 Å². The second-order valence-corrected chi connectivity index (χ2v) is 4.62. The van der Waals surface area contributed by atoms with Crippen LogP contribution in [0.5, 0.6) is 0 Å². The first-order chi connectivity index (χ1) is 7.60. The first-order valence-corrected chi connectivity index (χ1v) is 6.57. The molecule has 1 unspecified atom stereocenters. The van der Waals surface area contributed by atoms with Crippen LogP contribution in [0.15, 0.2) is 6.20 Å². The molecule has 1 aromatic heterocycles. The summed E-state index contributed by atoms with van der Waals surface area (Å²) in [5, 5.41) is 7.98. The summed E-state index contributed by atoms with van der Waals surface area (Å²) in [6.07, 6.45) is 3.50. The van der Waals surface area contributed by atoms with Crippen LogP contribution in [-0.4, -0.2) is 27.1 Å². The van der Waals surface area contributed by atoms with Gasteiger partial charge in [0.15, 0.2) is 0 Å². The fraction of sp³-hybridized carbons (Fsp3) is 0.636. The molecule has 1 rings (SSSR count). The van der Waals surface area contributed by atoms with E-state index in [0.29, 0.717) is 5.56 Å². The van der Waals surface area contributed by atoms with Gasteiger partial charge in [-0.05, 0) is 19.8 Å². The second-order valence-electron chi connectivity index (χ2n) is 3.82. The van der Waals surface area contributed by atoms with Gasteiger partial charge in [-0.15, -0.1) is 0 Å². The van der Waals surface area contributed by atoms with Crippen LogP contribution in [0.3, 0.4) is 0 Å². The first-order valence-electron chi connectivity index (χ1n) is 5.45. The lowest BCUT2D eigenvalue weighted by Gasteiger charge is -2.15. The minimum absolute atomic E-state index is 0.0293. The highest BCUT2D eigenvalue weighted by Crippen LogP contribution is 2.07. The molecule has 16 heavy (non-hydrogen) atoms. The summed E-state index contributed by atoms with van der Waals surface area (Å²) in [4.78, 5) is 11.9. The molecule has 1 aromatic rings. The van der Waals surface area contributed by atoms with Gasteiger partial charge in [-0.25, -0.2) is 0 Å². The Labute approximate surface area is 105 Å². The number of amides is 1. The standard InChI is InChI=1S/C11H18BrN3O/c1-4-9(5-6-12)14-11(16)10-7-13-15(3)8(10)2/h7,9H,4-6H2,1-3H3,(H,14,16). The van der Waals surface area contributed by atoms with E-state index in [1.54, 1.807) is 10.9 Å². The minimum Gasteiger partial charge on any atom is -0.349 e. The smallest absolute Gasteiger partial charge is 0.254 e. The number of alkyl halides is 1. The zero-order valence-corrected chi connectivity index (χ0v) is 11.5.